The number of amides is 1. The van der Waals surface area contributed by atoms with Crippen molar-refractivity contribution in [3.8, 4) is 0 Å². The summed E-state index contributed by atoms with van der Waals surface area (Å²) in [6, 6.07) is 7.80. The molecule has 0 spiro atoms. The van der Waals surface area contributed by atoms with Crippen molar-refractivity contribution in [2.75, 3.05) is 24.2 Å². The molecule has 1 aliphatic rings. The minimum atomic E-state index is -3.25. The SMILES string of the molecule is CCS(=O)(=O)N1CCCC(C(=O)Nc2c(C)[nH]c3ccccc23)C1. The highest BCUT2D eigenvalue weighted by Crippen LogP contribution is 2.28. The minimum Gasteiger partial charge on any atom is -0.357 e. The number of aromatic nitrogens is 1. The fraction of sp³-hybridized carbons (Fsp3) is 0.471. The number of fused-ring (bicyclic) bond motifs is 1. The number of nitrogens with one attached hydrogen (secondary N) is 2. The minimum absolute atomic E-state index is 0.0723. The fourth-order valence-corrected chi connectivity index (χ4v) is 4.43. The van der Waals surface area contributed by atoms with Crippen molar-refractivity contribution in [1.82, 2.24) is 9.29 Å². The maximum absolute atomic E-state index is 12.7. The lowest BCUT2D eigenvalue weighted by molar-refractivity contribution is -0.120. The van der Waals surface area contributed by atoms with E-state index in [0.29, 0.717) is 19.4 Å². The molecule has 1 amide bonds. The molecule has 3 rings (SSSR count). The summed E-state index contributed by atoms with van der Waals surface area (Å²) in [7, 11) is -3.25. The molecule has 2 N–H and O–H groups in total. The monoisotopic (exact) mass is 349 g/mol. The molecule has 1 unspecified atom stereocenters. The molecular formula is C17H23N3O3S. The Morgan fingerprint density at radius 2 is 2.12 bits per heavy atom. The first-order valence-electron chi connectivity index (χ1n) is 8.28. The number of carbonyl (C=O) groups is 1. The molecule has 0 radical (unpaired) electrons. The molecular weight excluding hydrogens is 326 g/mol. The maximum Gasteiger partial charge on any atom is 0.228 e. The molecule has 1 aromatic heterocycles. The van der Waals surface area contributed by atoms with Crippen LogP contribution in [0.3, 0.4) is 0 Å². The Bertz CT molecular complexity index is 857. The van der Waals surface area contributed by atoms with Crippen molar-refractivity contribution in [3.63, 3.8) is 0 Å². The van der Waals surface area contributed by atoms with E-state index in [0.717, 1.165) is 22.3 Å². The predicted molar refractivity (Wildman–Crippen MR) is 95.4 cm³/mol. The first kappa shape index (κ1) is 17.0. The molecule has 1 atom stereocenters. The van der Waals surface area contributed by atoms with Crippen molar-refractivity contribution in [2.24, 2.45) is 5.92 Å². The van der Waals surface area contributed by atoms with Crippen molar-refractivity contribution < 1.29 is 13.2 Å². The normalized spacial score (nSPS) is 19.5. The Labute approximate surface area is 142 Å². The number of anilines is 1. The standard InChI is InChI=1S/C17H23N3O3S/c1-3-24(22,23)20-10-6-7-13(11-20)17(21)19-16-12(2)18-15-9-5-4-8-14(15)16/h4-5,8-9,13,18H,3,6-7,10-11H2,1-2H3,(H,19,21). The zero-order chi connectivity index (χ0) is 17.3. The number of carbonyl (C=O) groups excluding carboxylic acids is 1. The Kier molecular flexibility index (Phi) is 4.64. The summed E-state index contributed by atoms with van der Waals surface area (Å²) in [6.07, 6.45) is 1.42. The highest BCUT2D eigenvalue weighted by molar-refractivity contribution is 7.89. The van der Waals surface area contributed by atoms with Crippen molar-refractivity contribution in [3.05, 3.63) is 30.0 Å². The van der Waals surface area contributed by atoms with E-state index in [9.17, 15) is 13.2 Å². The highest BCUT2D eigenvalue weighted by Gasteiger charge is 2.31. The van der Waals surface area contributed by atoms with Crippen LogP contribution < -0.4 is 5.32 Å². The first-order valence-corrected chi connectivity index (χ1v) is 9.89. The van der Waals surface area contributed by atoms with Gasteiger partial charge in [0.05, 0.1) is 17.4 Å². The number of sulfonamides is 1. The van der Waals surface area contributed by atoms with E-state index in [4.69, 9.17) is 0 Å². The van der Waals surface area contributed by atoms with E-state index in [1.165, 1.54) is 4.31 Å². The average molecular weight is 349 g/mol. The van der Waals surface area contributed by atoms with Gasteiger partial charge in [-0.1, -0.05) is 18.2 Å². The van der Waals surface area contributed by atoms with Crippen LogP contribution in [0.4, 0.5) is 5.69 Å². The zero-order valence-corrected chi connectivity index (χ0v) is 14.8. The smallest absolute Gasteiger partial charge is 0.228 e. The number of aryl methyl sites for hydroxylation is 1. The summed E-state index contributed by atoms with van der Waals surface area (Å²) < 4.78 is 25.6. The molecule has 24 heavy (non-hydrogen) atoms. The second-order valence-corrected chi connectivity index (χ2v) is 8.52. The average Bonchev–Trinajstić information content (AvgIpc) is 2.90. The van der Waals surface area contributed by atoms with Crippen LogP contribution in [0.5, 0.6) is 0 Å². The molecule has 1 fully saturated rings. The van der Waals surface area contributed by atoms with Gasteiger partial charge in [-0.15, -0.1) is 0 Å². The molecule has 130 valence electrons. The number of H-pyrrole nitrogens is 1. The predicted octanol–water partition coefficient (Wildman–Crippen LogP) is 2.48. The third kappa shape index (κ3) is 3.18. The molecule has 2 aromatic rings. The Hall–Kier alpha value is -1.86. The third-order valence-electron chi connectivity index (χ3n) is 4.65. The summed E-state index contributed by atoms with van der Waals surface area (Å²) >= 11 is 0. The Balaban J connectivity index is 1.78. The molecule has 6 nitrogen and oxygen atoms in total. The van der Waals surface area contributed by atoms with Gasteiger partial charge in [-0.25, -0.2) is 12.7 Å². The van der Waals surface area contributed by atoms with Crippen LogP contribution >= 0.6 is 0 Å². The van der Waals surface area contributed by atoms with E-state index in [2.05, 4.69) is 10.3 Å². The van der Waals surface area contributed by atoms with Crippen LogP contribution in [-0.2, 0) is 14.8 Å². The van der Waals surface area contributed by atoms with Crippen LogP contribution in [0.15, 0.2) is 24.3 Å². The summed E-state index contributed by atoms with van der Waals surface area (Å²) in [5.41, 5.74) is 2.66. The third-order valence-corrected chi connectivity index (χ3v) is 6.50. The van der Waals surface area contributed by atoms with Gasteiger partial charge in [0.15, 0.2) is 0 Å². The fourth-order valence-electron chi connectivity index (χ4n) is 3.25. The van der Waals surface area contributed by atoms with E-state index >= 15 is 0 Å². The lowest BCUT2D eigenvalue weighted by Crippen LogP contribution is -2.44. The van der Waals surface area contributed by atoms with Crippen LogP contribution in [0, 0.1) is 12.8 Å². The lowest BCUT2D eigenvalue weighted by atomic mass is 9.98. The van der Waals surface area contributed by atoms with E-state index in [1.807, 2.05) is 31.2 Å². The van der Waals surface area contributed by atoms with Crippen LogP contribution in [0.2, 0.25) is 0 Å². The van der Waals surface area contributed by atoms with Gasteiger partial charge in [0.2, 0.25) is 15.9 Å². The van der Waals surface area contributed by atoms with Gasteiger partial charge in [0, 0.05) is 29.7 Å². The van der Waals surface area contributed by atoms with Gasteiger partial charge in [0.1, 0.15) is 0 Å². The number of hydrogen-bond acceptors (Lipinski definition) is 3. The van der Waals surface area contributed by atoms with Crippen molar-refractivity contribution in [1.29, 1.82) is 0 Å². The number of para-hydroxylation sites is 1. The zero-order valence-electron chi connectivity index (χ0n) is 14.0. The number of rotatable bonds is 4. The molecule has 0 bridgehead atoms. The van der Waals surface area contributed by atoms with Crippen molar-refractivity contribution in [2.45, 2.75) is 26.7 Å². The van der Waals surface area contributed by atoms with Gasteiger partial charge in [0.25, 0.3) is 0 Å². The van der Waals surface area contributed by atoms with E-state index in [-0.39, 0.29) is 24.1 Å². The lowest BCUT2D eigenvalue weighted by Gasteiger charge is -2.30. The van der Waals surface area contributed by atoms with Crippen molar-refractivity contribution >= 4 is 32.5 Å². The van der Waals surface area contributed by atoms with Gasteiger partial charge >= 0.3 is 0 Å². The number of hydrogen-bond donors (Lipinski definition) is 2. The molecule has 7 heteroatoms. The maximum atomic E-state index is 12.7. The van der Waals surface area contributed by atoms with E-state index in [1.54, 1.807) is 6.92 Å². The number of piperidine rings is 1. The summed E-state index contributed by atoms with van der Waals surface area (Å²) in [5.74, 6) is -0.352. The van der Waals surface area contributed by atoms with Gasteiger partial charge in [-0.3, -0.25) is 4.79 Å². The van der Waals surface area contributed by atoms with Crippen LogP contribution in [0.1, 0.15) is 25.5 Å². The summed E-state index contributed by atoms with van der Waals surface area (Å²) in [6.45, 7) is 4.33. The van der Waals surface area contributed by atoms with E-state index < -0.39 is 10.0 Å². The molecule has 0 aliphatic carbocycles. The van der Waals surface area contributed by atoms with Gasteiger partial charge < -0.3 is 10.3 Å². The first-order chi connectivity index (χ1) is 11.4. The molecule has 2 heterocycles. The number of nitrogens with zero attached hydrogens (tertiary/aromatic N) is 1. The summed E-state index contributed by atoms with van der Waals surface area (Å²) in [5, 5.41) is 3.97. The summed E-state index contributed by atoms with van der Waals surface area (Å²) in [4.78, 5) is 15.9. The van der Waals surface area contributed by atoms with Gasteiger partial charge in [-0.05, 0) is 32.8 Å². The quantitative estimate of drug-likeness (QED) is 0.889. The highest BCUT2D eigenvalue weighted by atomic mass is 32.2. The topological polar surface area (TPSA) is 82.3 Å². The molecule has 1 saturated heterocycles. The Morgan fingerprint density at radius 1 is 1.38 bits per heavy atom. The number of benzene rings is 1. The van der Waals surface area contributed by atoms with Crippen LogP contribution in [-0.4, -0.2) is 42.5 Å². The molecule has 1 aliphatic heterocycles. The second kappa shape index (κ2) is 6.57. The molecule has 0 saturated carbocycles. The second-order valence-electron chi connectivity index (χ2n) is 6.26. The van der Waals surface area contributed by atoms with Crippen LogP contribution in [0.25, 0.3) is 10.9 Å². The molecule has 1 aromatic carbocycles. The largest absolute Gasteiger partial charge is 0.357 e. The Morgan fingerprint density at radius 3 is 2.88 bits per heavy atom. The van der Waals surface area contributed by atoms with Gasteiger partial charge in [-0.2, -0.15) is 0 Å². The number of aromatic amines is 1.